The van der Waals surface area contributed by atoms with Gasteiger partial charge in [-0.1, -0.05) is 133 Å². The van der Waals surface area contributed by atoms with Crippen LogP contribution in [0.3, 0.4) is 0 Å². The Kier molecular flexibility index (Phi) is 6.18. The lowest BCUT2D eigenvalue weighted by atomic mass is 10.0. The maximum Gasteiger partial charge on any atom is 0.238 e. The SMILES string of the molecule is c1ccc(-c2nc(-c3ccccc3)nc(-n3c4cc5ccccc5cc4c4c(-n5c6ccccc6c6cc7ccccc7cc65)cccc43)n2)cc1. The number of hydrogen-bond acceptors (Lipinski definition) is 3. The molecule has 0 radical (unpaired) electrons. The lowest BCUT2D eigenvalue weighted by Crippen LogP contribution is -2.06. The Morgan fingerprint density at radius 3 is 1.46 bits per heavy atom. The van der Waals surface area contributed by atoms with E-state index in [9.17, 15) is 0 Å². The summed E-state index contributed by atoms with van der Waals surface area (Å²) in [6, 6.07) is 62.1. The summed E-state index contributed by atoms with van der Waals surface area (Å²) in [6.07, 6.45) is 0. The topological polar surface area (TPSA) is 48.5 Å². The molecular weight excluding hydrogens is 635 g/mol. The van der Waals surface area contributed by atoms with Gasteiger partial charge in [0.15, 0.2) is 11.6 Å². The lowest BCUT2D eigenvalue weighted by Gasteiger charge is -2.12. The molecule has 8 aromatic carbocycles. The van der Waals surface area contributed by atoms with E-state index < -0.39 is 0 Å². The Morgan fingerprint density at radius 1 is 0.327 bits per heavy atom. The highest BCUT2D eigenvalue weighted by atomic mass is 15.2. The molecule has 0 saturated heterocycles. The van der Waals surface area contributed by atoms with Crippen LogP contribution in [0.25, 0.3) is 99.6 Å². The van der Waals surface area contributed by atoms with Gasteiger partial charge in [-0.05, 0) is 64.0 Å². The summed E-state index contributed by atoms with van der Waals surface area (Å²) in [7, 11) is 0. The molecule has 11 rings (SSSR count). The predicted molar refractivity (Wildman–Crippen MR) is 214 cm³/mol. The van der Waals surface area contributed by atoms with E-state index in [-0.39, 0.29) is 0 Å². The van der Waals surface area contributed by atoms with Gasteiger partial charge in [-0.2, -0.15) is 9.97 Å². The monoisotopic (exact) mass is 663 g/mol. The summed E-state index contributed by atoms with van der Waals surface area (Å²) in [4.78, 5) is 15.4. The zero-order chi connectivity index (χ0) is 34.2. The molecule has 5 nitrogen and oxygen atoms in total. The molecule has 0 atom stereocenters. The molecular formula is C47H29N5. The molecule has 0 amide bonds. The molecule has 5 heteroatoms. The van der Waals surface area contributed by atoms with Gasteiger partial charge in [0.1, 0.15) is 0 Å². The fourth-order valence-corrected chi connectivity index (χ4v) is 7.95. The van der Waals surface area contributed by atoms with Crippen LogP contribution in [0.15, 0.2) is 176 Å². The number of benzene rings is 8. The van der Waals surface area contributed by atoms with Crippen LogP contribution in [0.1, 0.15) is 0 Å². The van der Waals surface area contributed by atoms with Gasteiger partial charge < -0.3 is 4.57 Å². The maximum atomic E-state index is 5.21. The summed E-state index contributed by atoms with van der Waals surface area (Å²) in [5, 5.41) is 9.53. The van der Waals surface area contributed by atoms with Crippen LogP contribution >= 0.6 is 0 Å². The van der Waals surface area contributed by atoms with E-state index in [0.717, 1.165) is 44.0 Å². The van der Waals surface area contributed by atoms with E-state index in [1.807, 2.05) is 36.4 Å². The highest BCUT2D eigenvalue weighted by Gasteiger charge is 2.22. The Hall–Kier alpha value is -7.11. The average Bonchev–Trinajstić information content (AvgIpc) is 3.71. The molecule has 0 aliphatic rings. The van der Waals surface area contributed by atoms with Gasteiger partial charge in [-0.25, -0.2) is 4.98 Å². The molecule has 0 N–H and O–H groups in total. The van der Waals surface area contributed by atoms with Crippen molar-refractivity contribution in [3.8, 4) is 34.4 Å². The first-order chi connectivity index (χ1) is 25.8. The third-order valence-electron chi connectivity index (χ3n) is 10.3. The predicted octanol–water partition coefficient (Wildman–Crippen LogP) is 11.7. The first-order valence-electron chi connectivity index (χ1n) is 17.5. The highest BCUT2D eigenvalue weighted by molar-refractivity contribution is 6.19. The summed E-state index contributed by atoms with van der Waals surface area (Å²) in [5.41, 5.74) is 7.39. The van der Waals surface area contributed by atoms with Crippen LogP contribution in [0.5, 0.6) is 0 Å². The smallest absolute Gasteiger partial charge is 0.238 e. The molecule has 11 aromatic rings. The number of hydrogen-bond donors (Lipinski definition) is 0. The zero-order valence-electron chi connectivity index (χ0n) is 28.0. The number of aromatic nitrogens is 5. The van der Waals surface area contributed by atoms with Crippen LogP contribution in [0.4, 0.5) is 0 Å². The van der Waals surface area contributed by atoms with E-state index in [1.165, 1.54) is 38.0 Å². The van der Waals surface area contributed by atoms with E-state index >= 15 is 0 Å². The maximum absolute atomic E-state index is 5.21. The Morgan fingerprint density at radius 2 is 0.827 bits per heavy atom. The van der Waals surface area contributed by atoms with Crippen molar-refractivity contribution in [2.45, 2.75) is 0 Å². The van der Waals surface area contributed by atoms with Crippen molar-refractivity contribution < 1.29 is 0 Å². The minimum atomic E-state index is 0.577. The van der Waals surface area contributed by atoms with Gasteiger partial charge in [0, 0.05) is 32.7 Å². The van der Waals surface area contributed by atoms with Crippen LogP contribution in [-0.4, -0.2) is 24.1 Å². The minimum absolute atomic E-state index is 0.577. The van der Waals surface area contributed by atoms with E-state index in [4.69, 9.17) is 15.0 Å². The van der Waals surface area contributed by atoms with Gasteiger partial charge in [0.05, 0.1) is 27.8 Å². The molecule has 0 aliphatic heterocycles. The van der Waals surface area contributed by atoms with Crippen molar-refractivity contribution in [2.75, 3.05) is 0 Å². The first kappa shape index (κ1) is 28.7. The normalized spacial score (nSPS) is 11.8. The van der Waals surface area contributed by atoms with Crippen LogP contribution in [0, 0.1) is 0 Å². The Labute approximate surface area is 298 Å². The van der Waals surface area contributed by atoms with Crippen molar-refractivity contribution in [2.24, 2.45) is 0 Å². The van der Waals surface area contributed by atoms with Crippen LogP contribution in [0.2, 0.25) is 0 Å². The second-order valence-electron chi connectivity index (χ2n) is 13.3. The minimum Gasteiger partial charge on any atom is -0.309 e. The molecule has 0 aliphatic carbocycles. The quantitative estimate of drug-likeness (QED) is 0.188. The van der Waals surface area contributed by atoms with Gasteiger partial charge >= 0.3 is 0 Å². The van der Waals surface area contributed by atoms with Gasteiger partial charge in [-0.15, -0.1) is 0 Å². The Bertz CT molecular complexity index is 3120. The Balaban J connectivity index is 1.29. The molecule has 0 fully saturated rings. The van der Waals surface area contributed by atoms with Gasteiger partial charge in [0.25, 0.3) is 0 Å². The molecule has 242 valence electrons. The molecule has 3 aromatic heterocycles. The summed E-state index contributed by atoms with van der Waals surface area (Å²) in [6.45, 7) is 0. The van der Waals surface area contributed by atoms with Gasteiger partial charge in [0.2, 0.25) is 5.95 Å². The third kappa shape index (κ3) is 4.33. The molecule has 0 bridgehead atoms. The molecule has 0 unspecified atom stereocenters. The van der Waals surface area contributed by atoms with Crippen molar-refractivity contribution in [3.05, 3.63) is 176 Å². The van der Waals surface area contributed by atoms with Crippen LogP contribution in [-0.2, 0) is 0 Å². The second-order valence-corrected chi connectivity index (χ2v) is 13.3. The molecule has 3 heterocycles. The van der Waals surface area contributed by atoms with Crippen molar-refractivity contribution in [1.82, 2.24) is 24.1 Å². The fraction of sp³-hybridized carbons (Fsp3) is 0. The second kappa shape index (κ2) is 11.2. The van der Waals surface area contributed by atoms with Crippen LogP contribution < -0.4 is 0 Å². The standard InChI is InChI=1S/C47H29N5/c1-3-14-30(15-4-1)45-48-46(31-16-5-2-6-17-31)50-47(49-45)52-41-25-13-24-40(44(41)38-27-33-19-8-10-21-35(33)29-43(38)52)51-39-23-12-11-22-36(39)37-26-32-18-7-9-20-34(32)28-42(37)51/h1-29H. The number of para-hydroxylation sites is 1. The molecule has 0 saturated carbocycles. The molecule has 0 spiro atoms. The number of rotatable bonds is 4. The fourth-order valence-electron chi connectivity index (χ4n) is 7.95. The zero-order valence-corrected chi connectivity index (χ0v) is 28.0. The largest absolute Gasteiger partial charge is 0.309 e. The lowest BCUT2D eigenvalue weighted by molar-refractivity contribution is 0.953. The first-order valence-corrected chi connectivity index (χ1v) is 17.5. The molecule has 52 heavy (non-hydrogen) atoms. The van der Waals surface area contributed by atoms with Crippen molar-refractivity contribution in [1.29, 1.82) is 0 Å². The number of fused-ring (bicyclic) bond motifs is 8. The third-order valence-corrected chi connectivity index (χ3v) is 10.3. The van der Waals surface area contributed by atoms with Crippen molar-refractivity contribution in [3.63, 3.8) is 0 Å². The average molecular weight is 664 g/mol. The van der Waals surface area contributed by atoms with Crippen molar-refractivity contribution >= 4 is 65.2 Å². The summed E-state index contributed by atoms with van der Waals surface area (Å²) in [5.74, 6) is 1.84. The van der Waals surface area contributed by atoms with E-state index in [1.54, 1.807) is 0 Å². The van der Waals surface area contributed by atoms with E-state index in [2.05, 4.69) is 149 Å². The summed E-state index contributed by atoms with van der Waals surface area (Å²) < 4.78 is 4.67. The number of nitrogens with zero attached hydrogens (tertiary/aromatic N) is 5. The van der Waals surface area contributed by atoms with Gasteiger partial charge in [-0.3, -0.25) is 4.57 Å². The summed E-state index contributed by atoms with van der Waals surface area (Å²) >= 11 is 0. The highest BCUT2D eigenvalue weighted by Crippen LogP contribution is 2.42. The van der Waals surface area contributed by atoms with E-state index in [0.29, 0.717) is 17.6 Å².